The van der Waals surface area contributed by atoms with Gasteiger partial charge in [-0.2, -0.15) is 0 Å². The second-order valence-electron chi connectivity index (χ2n) is 8.49. The molecule has 0 aromatic heterocycles. The van der Waals surface area contributed by atoms with Gasteiger partial charge in [-0.25, -0.2) is 0 Å². The van der Waals surface area contributed by atoms with E-state index in [1.807, 2.05) is 6.08 Å². The van der Waals surface area contributed by atoms with Crippen molar-refractivity contribution in [2.75, 3.05) is 6.61 Å². The van der Waals surface area contributed by atoms with Crippen molar-refractivity contribution in [3.05, 3.63) is 34.9 Å². The van der Waals surface area contributed by atoms with Crippen molar-refractivity contribution in [3.8, 4) is 0 Å². The van der Waals surface area contributed by atoms with Gasteiger partial charge in [-0.1, -0.05) is 30.7 Å². The molecule has 0 aromatic rings. The summed E-state index contributed by atoms with van der Waals surface area (Å²) in [5.74, 6) is 0.193. The first kappa shape index (κ1) is 18.8. The molecular weight excluding hydrogens is 316 g/mol. The van der Waals surface area contributed by atoms with Gasteiger partial charge in [-0.15, -0.1) is 0 Å². The minimum Gasteiger partial charge on any atom is -0.396 e. The van der Waals surface area contributed by atoms with Gasteiger partial charge >= 0.3 is 0 Å². The molecule has 0 spiro atoms. The van der Waals surface area contributed by atoms with Gasteiger partial charge in [0.2, 0.25) is 0 Å². The predicted octanol–water partition coefficient (Wildman–Crippen LogP) is 2.62. The van der Waals surface area contributed by atoms with Crippen LogP contribution in [0.2, 0.25) is 0 Å². The summed E-state index contributed by atoms with van der Waals surface area (Å²) in [7, 11) is 0. The Hall–Kier alpha value is -0.940. The van der Waals surface area contributed by atoms with E-state index in [0.717, 1.165) is 24.8 Å². The average molecular weight is 348 g/mol. The molecule has 4 nitrogen and oxygen atoms in total. The van der Waals surface area contributed by atoms with Crippen LogP contribution in [-0.4, -0.2) is 44.8 Å². The van der Waals surface area contributed by atoms with Gasteiger partial charge in [0.1, 0.15) is 0 Å². The summed E-state index contributed by atoms with van der Waals surface area (Å²) in [6.07, 6.45) is 10.1. The summed E-state index contributed by atoms with van der Waals surface area (Å²) < 4.78 is 0. The van der Waals surface area contributed by atoms with Gasteiger partial charge in [0.15, 0.2) is 0 Å². The Balaban J connectivity index is 1.86. The van der Waals surface area contributed by atoms with Crippen LogP contribution in [0, 0.1) is 11.3 Å². The van der Waals surface area contributed by atoms with E-state index in [4.69, 9.17) is 0 Å². The fraction of sp³-hybridized carbons (Fsp3) is 0.714. The zero-order valence-corrected chi connectivity index (χ0v) is 15.4. The lowest BCUT2D eigenvalue weighted by atomic mass is 9.61. The molecule has 3 rings (SSSR count). The summed E-state index contributed by atoms with van der Waals surface area (Å²) in [4.78, 5) is 0. The summed E-state index contributed by atoms with van der Waals surface area (Å²) in [5.41, 5.74) is 2.25. The lowest BCUT2D eigenvalue weighted by Gasteiger charge is -2.47. The maximum absolute atomic E-state index is 11.1. The van der Waals surface area contributed by atoms with Crippen LogP contribution in [0.15, 0.2) is 34.9 Å². The van der Waals surface area contributed by atoms with Crippen LogP contribution < -0.4 is 0 Å². The van der Waals surface area contributed by atoms with Crippen LogP contribution in [0.3, 0.4) is 0 Å². The molecule has 1 fully saturated rings. The van der Waals surface area contributed by atoms with Crippen molar-refractivity contribution in [1.82, 2.24) is 0 Å². The lowest BCUT2D eigenvalue weighted by Crippen LogP contribution is -2.49. The van der Waals surface area contributed by atoms with E-state index in [0.29, 0.717) is 25.7 Å². The standard InChI is InChI=1S/C21H32O4/c1-14-3-6-17(23)11-15(14)4-5-16-12-18(24)13-20(2)19(16)7-8-21(20,25)9-10-22/h4-5,12,17-19,22-25H,3,6-11,13H2,1-2H3/t17-,18+,19-,20-,21-/m0/s1. The first-order valence-electron chi connectivity index (χ1n) is 9.57. The Kier molecular flexibility index (Phi) is 5.27. The Morgan fingerprint density at radius 2 is 2.00 bits per heavy atom. The van der Waals surface area contributed by atoms with Gasteiger partial charge < -0.3 is 20.4 Å². The fourth-order valence-electron chi connectivity index (χ4n) is 5.26. The van der Waals surface area contributed by atoms with E-state index in [1.54, 1.807) is 0 Å². The summed E-state index contributed by atoms with van der Waals surface area (Å²) in [6, 6.07) is 0. The predicted molar refractivity (Wildman–Crippen MR) is 97.9 cm³/mol. The molecule has 3 aliphatic carbocycles. The molecule has 25 heavy (non-hydrogen) atoms. The lowest BCUT2D eigenvalue weighted by molar-refractivity contribution is -0.0968. The van der Waals surface area contributed by atoms with Gasteiger partial charge in [0, 0.05) is 12.0 Å². The molecule has 0 radical (unpaired) electrons. The van der Waals surface area contributed by atoms with Crippen LogP contribution in [0.5, 0.6) is 0 Å². The monoisotopic (exact) mass is 348 g/mol. The van der Waals surface area contributed by atoms with E-state index in [-0.39, 0.29) is 18.6 Å². The molecule has 0 aromatic carbocycles. The maximum Gasteiger partial charge on any atom is 0.0733 e. The largest absolute Gasteiger partial charge is 0.396 e. The Morgan fingerprint density at radius 1 is 1.24 bits per heavy atom. The molecular formula is C21H32O4. The highest BCUT2D eigenvalue weighted by Gasteiger charge is 2.58. The van der Waals surface area contributed by atoms with Crippen LogP contribution in [0.25, 0.3) is 0 Å². The summed E-state index contributed by atoms with van der Waals surface area (Å²) in [6.45, 7) is 4.14. The third kappa shape index (κ3) is 3.37. The first-order chi connectivity index (χ1) is 11.8. The zero-order chi connectivity index (χ0) is 18.2. The zero-order valence-electron chi connectivity index (χ0n) is 15.4. The second kappa shape index (κ2) is 6.99. The highest BCUT2D eigenvalue weighted by atomic mass is 16.3. The van der Waals surface area contributed by atoms with Crippen molar-refractivity contribution in [1.29, 1.82) is 0 Å². The van der Waals surface area contributed by atoms with Crippen molar-refractivity contribution in [3.63, 3.8) is 0 Å². The van der Waals surface area contributed by atoms with Crippen molar-refractivity contribution < 1.29 is 20.4 Å². The Labute approximate surface area is 150 Å². The summed E-state index contributed by atoms with van der Waals surface area (Å²) in [5, 5.41) is 40.8. The third-order valence-corrected chi connectivity index (χ3v) is 6.96. The third-order valence-electron chi connectivity index (χ3n) is 6.96. The number of hydrogen-bond donors (Lipinski definition) is 4. The SMILES string of the molecule is CC1=C(C=CC2=C[C@@H](O)C[C@@]3(C)[C@H]2CC[C@]3(O)CCO)C[C@@H](O)CC1. The topological polar surface area (TPSA) is 80.9 Å². The van der Waals surface area contributed by atoms with Crippen LogP contribution in [0.4, 0.5) is 0 Å². The van der Waals surface area contributed by atoms with Gasteiger partial charge in [0.05, 0.1) is 17.8 Å². The second-order valence-corrected chi connectivity index (χ2v) is 8.49. The summed E-state index contributed by atoms with van der Waals surface area (Å²) >= 11 is 0. The van der Waals surface area contributed by atoms with Crippen LogP contribution in [0.1, 0.15) is 58.8 Å². The molecule has 4 heteroatoms. The highest BCUT2D eigenvalue weighted by Crippen LogP contribution is 2.59. The van der Waals surface area contributed by atoms with Gasteiger partial charge in [0.25, 0.3) is 0 Å². The van der Waals surface area contributed by atoms with Gasteiger partial charge in [-0.05, 0) is 68.9 Å². The van der Waals surface area contributed by atoms with E-state index >= 15 is 0 Å². The molecule has 5 atom stereocenters. The number of aliphatic hydroxyl groups is 4. The smallest absolute Gasteiger partial charge is 0.0733 e. The number of allylic oxidation sites excluding steroid dienone is 4. The minimum atomic E-state index is -0.920. The average Bonchev–Trinajstić information content (AvgIpc) is 2.79. The molecule has 0 amide bonds. The fourth-order valence-corrected chi connectivity index (χ4v) is 5.26. The molecule has 0 unspecified atom stereocenters. The molecule has 3 aliphatic rings. The van der Waals surface area contributed by atoms with Crippen molar-refractivity contribution in [2.24, 2.45) is 11.3 Å². The van der Waals surface area contributed by atoms with Crippen molar-refractivity contribution >= 4 is 0 Å². The Morgan fingerprint density at radius 3 is 2.72 bits per heavy atom. The van der Waals surface area contributed by atoms with Gasteiger partial charge in [-0.3, -0.25) is 0 Å². The highest BCUT2D eigenvalue weighted by molar-refractivity contribution is 5.38. The van der Waals surface area contributed by atoms with E-state index < -0.39 is 17.1 Å². The molecule has 0 bridgehead atoms. The number of rotatable bonds is 4. The van der Waals surface area contributed by atoms with E-state index in [9.17, 15) is 20.4 Å². The molecule has 140 valence electrons. The van der Waals surface area contributed by atoms with E-state index in [2.05, 4.69) is 26.0 Å². The molecule has 4 N–H and O–H groups in total. The number of hydrogen-bond acceptors (Lipinski definition) is 4. The normalized spacial score (nSPS) is 42.0. The quantitative estimate of drug-likeness (QED) is 0.630. The van der Waals surface area contributed by atoms with Crippen LogP contribution in [-0.2, 0) is 0 Å². The number of aliphatic hydroxyl groups excluding tert-OH is 3. The van der Waals surface area contributed by atoms with Crippen molar-refractivity contribution in [2.45, 2.75) is 76.6 Å². The maximum atomic E-state index is 11.1. The molecule has 0 heterocycles. The number of fused-ring (bicyclic) bond motifs is 1. The minimum absolute atomic E-state index is 0.0340. The molecule has 0 saturated heterocycles. The first-order valence-corrected chi connectivity index (χ1v) is 9.57. The van der Waals surface area contributed by atoms with Crippen LogP contribution >= 0.6 is 0 Å². The van der Waals surface area contributed by atoms with E-state index in [1.165, 1.54) is 11.1 Å². The molecule has 1 saturated carbocycles. The molecule has 0 aliphatic heterocycles. The Bertz CT molecular complexity index is 605.